The van der Waals surface area contributed by atoms with Crippen molar-refractivity contribution in [1.82, 2.24) is 19.5 Å². The summed E-state index contributed by atoms with van der Waals surface area (Å²) in [6.07, 6.45) is 1.40. The van der Waals surface area contributed by atoms with E-state index in [1.165, 1.54) is 11.8 Å². The Labute approximate surface area is 174 Å². The van der Waals surface area contributed by atoms with E-state index >= 15 is 0 Å². The normalized spacial score (nSPS) is 16.2. The first kappa shape index (κ1) is 21.7. The summed E-state index contributed by atoms with van der Waals surface area (Å²) in [6.45, 7) is 10.6. The van der Waals surface area contributed by atoms with Crippen LogP contribution in [0.1, 0.15) is 19.4 Å². The molecule has 0 atom stereocenters. The number of hydrogen-bond donors (Lipinski definition) is 2. The number of nitrogens with one attached hydrogen (secondary N) is 2. The summed E-state index contributed by atoms with van der Waals surface area (Å²) >= 11 is 0. The number of aromatic nitrogens is 1. The number of hydrogen-bond acceptors (Lipinski definition) is 6. The van der Waals surface area contributed by atoms with Crippen LogP contribution in [0.4, 0.5) is 5.82 Å². The lowest BCUT2D eigenvalue weighted by molar-refractivity contribution is 0.130. The van der Waals surface area contributed by atoms with Crippen molar-refractivity contribution < 1.29 is 8.42 Å². The van der Waals surface area contributed by atoms with Crippen LogP contribution in [0.5, 0.6) is 0 Å². The molecular weight excluding hydrogens is 386 g/mol. The van der Waals surface area contributed by atoms with E-state index in [4.69, 9.17) is 0 Å². The minimum atomic E-state index is -3.50. The van der Waals surface area contributed by atoms with Crippen molar-refractivity contribution in [2.45, 2.75) is 31.3 Å². The van der Waals surface area contributed by atoms with E-state index in [2.05, 4.69) is 55.2 Å². The van der Waals surface area contributed by atoms with Gasteiger partial charge in [-0.05, 0) is 31.5 Å². The average molecular weight is 418 g/mol. The number of piperazine rings is 1. The summed E-state index contributed by atoms with van der Waals surface area (Å²) in [7, 11) is -3.50. The summed E-state index contributed by atoms with van der Waals surface area (Å²) in [5.74, 6) is 0.691. The van der Waals surface area contributed by atoms with Crippen LogP contribution < -0.4 is 10.0 Å². The molecule has 1 aliphatic rings. The summed E-state index contributed by atoms with van der Waals surface area (Å²) in [6, 6.07) is 13.7. The lowest BCUT2D eigenvalue weighted by Crippen LogP contribution is -2.47. The average Bonchev–Trinajstić information content (AvgIpc) is 2.70. The van der Waals surface area contributed by atoms with Crippen LogP contribution in [0.15, 0.2) is 53.6 Å². The van der Waals surface area contributed by atoms with Crippen LogP contribution in [-0.4, -0.2) is 68.5 Å². The topological polar surface area (TPSA) is 77.6 Å². The minimum Gasteiger partial charge on any atom is -0.369 e. The highest BCUT2D eigenvalue weighted by Gasteiger charge is 2.17. The predicted molar refractivity (Wildman–Crippen MR) is 116 cm³/mol. The van der Waals surface area contributed by atoms with Crippen LogP contribution in [0, 0.1) is 0 Å². The van der Waals surface area contributed by atoms with Gasteiger partial charge in [0.2, 0.25) is 10.0 Å². The second-order valence-corrected chi connectivity index (χ2v) is 9.40. The molecule has 2 aromatic rings. The second-order valence-electron chi connectivity index (χ2n) is 7.69. The van der Waals surface area contributed by atoms with Crippen molar-refractivity contribution in [2.24, 2.45) is 0 Å². The lowest BCUT2D eigenvalue weighted by Gasteiger charge is -2.34. The third-order valence-electron chi connectivity index (χ3n) is 4.89. The smallest absolute Gasteiger partial charge is 0.242 e. The van der Waals surface area contributed by atoms with Gasteiger partial charge in [0.05, 0.1) is 0 Å². The number of nitrogens with zero attached hydrogens (tertiary/aromatic N) is 3. The molecule has 0 saturated carbocycles. The van der Waals surface area contributed by atoms with Crippen molar-refractivity contribution in [1.29, 1.82) is 0 Å². The third kappa shape index (κ3) is 6.78. The summed E-state index contributed by atoms with van der Waals surface area (Å²) < 4.78 is 26.8. The van der Waals surface area contributed by atoms with Gasteiger partial charge in [-0.15, -0.1) is 0 Å². The molecule has 2 N–H and O–H groups in total. The van der Waals surface area contributed by atoms with Crippen molar-refractivity contribution >= 4 is 15.8 Å². The lowest BCUT2D eigenvalue weighted by atomic mass is 10.2. The monoisotopic (exact) mass is 417 g/mol. The molecule has 1 aromatic heterocycles. The molecule has 0 amide bonds. The van der Waals surface area contributed by atoms with Gasteiger partial charge in [-0.3, -0.25) is 9.80 Å². The number of pyridine rings is 1. The highest BCUT2D eigenvalue weighted by atomic mass is 32.2. The van der Waals surface area contributed by atoms with Crippen LogP contribution in [0.25, 0.3) is 0 Å². The van der Waals surface area contributed by atoms with Crippen molar-refractivity contribution in [3.63, 3.8) is 0 Å². The van der Waals surface area contributed by atoms with Gasteiger partial charge in [0.25, 0.3) is 0 Å². The Bertz CT molecular complexity index is 848. The fourth-order valence-corrected chi connectivity index (χ4v) is 4.57. The molecule has 158 valence electrons. The molecule has 8 heteroatoms. The van der Waals surface area contributed by atoms with Gasteiger partial charge in [0.1, 0.15) is 10.7 Å². The van der Waals surface area contributed by atoms with Crippen LogP contribution in [-0.2, 0) is 16.6 Å². The van der Waals surface area contributed by atoms with Crippen molar-refractivity contribution in [2.75, 3.05) is 44.6 Å². The third-order valence-corrected chi connectivity index (χ3v) is 6.53. The van der Waals surface area contributed by atoms with Crippen molar-refractivity contribution in [3.8, 4) is 0 Å². The Morgan fingerprint density at radius 1 is 1.00 bits per heavy atom. The van der Waals surface area contributed by atoms with Gasteiger partial charge in [-0.25, -0.2) is 18.1 Å². The van der Waals surface area contributed by atoms with Gasteiger partial charge < -0.3 is 5.32 Å². The summed E-state index contributed by atoms with van der Waals surface area (Å²) in [4.78, 5) is 9.36. The molecule has 0 bridgehead atoms. The molecular formula is C21H31N5O2S. The molecule has 2 heterocycles. The molecule has 0 unspecified atom stereocenters. The molecule has 3 rings (SSSR count). The van der Waals surface area contributed by atoms with Gasteiger partial charge in [-0.2, -0.15) is 0 Å². The molecule has 0 aliphatic carbocycles. The van der Waals surface area contributed by atoms with Gasteiger partial charge in [0.15, 0.2) is 0 Å². The van der Waals surface area contributed by atoms with Gasteiger partial charge in [-0.1, -0.05) is 30.3 Å². The first-order chi connectivity index (χ1) is 13.9. The molecule has 7 nitrogen and oxygen atoms in total. The predicted octanol–water partition coefficient (Wildman–Crippen LogP) is 2.00. The molecule has 1 aromatic carbocycles. The highest BCUT2D eigenvalue weighted by molar-refractivity contribution is 7.89. The van der Waals surface area contributed by atoms with Gasteiger partial charge in [0, 0.05) is 58.1 Å². The Morgan fingerprint density at radius 2 is 1.69 bits per heavy atom. The highest BCUT2D eigenvalue weighted by Crippen LogP contribution is 2.12. The van der Waals surface area contributed by atoms with E-state index in [0.29, 0.717) is 5.82 Å². The molecule has 1 fully saturated rings. The maximum Gasteiger partial charge on any atom is 0.242 e. The largest absolute Gasteiger partial charge is 0.369 e. The Balaban J connectivity index is 1.38. The standard InChI is InChI=1S/C21H31N5O2S/c1-18(2)24-29(27,28)20-8-9-21(23-16-20)22-10-11-25-12-14-26(15-13-25)17-19-6-4-3-5-7-19/h3-9,16,18,24H,10-15,17H2,1-2H3,(H,22,23). The van der Waals surface area contributed by atoms with E-state index in [9.17, 15) is 8.42 Å². The van der Waals surface area contributed by atoms with Crippen LogP contribution in [0.3, 0.4) is 0 Å². The number of sulfonamides is 1. The second kappa shape index (κ2) is 10.2. The maximum atomic E-state index is 12.1. The number of rotatable bonds is 9. The van der Waals surface area contributed by atoms with Crippen LogP contribution >= 0.6 is 0 Å². The first-order valence-electron chi connectivity index (χ1n) is 10.1. The molecule has 29 heavy (non-hydrogen) atoms. The zero-order chi connectivity index (χ0) is 20.7. The quantitative estimate of drug-likeness (QED) is 0.650. The summed E-state index contributed by atoms with van der Waals surface area (Å²) in [5, 5.41) is 3.28. The Hall–Kier alpha value is -2.00. The molecule has 0 spiro atoms. The number of anilines is 1. The van der Waals surface area contributed by atoms with Crippen LogP contribution in [0.2, 0.25) is 0 Å². The molecule has 1 aliphatic heterocycles. The zero-order valence-corrected chi connectivity index (χ0v) is 18.0. The number of benzene rings is 1. The summed E-state index contributed by atoms with van der Waals surface area (Å²) in [5.41, 5.74) is 1.36. The van der Waals surface area contributed by atoms with E-state index in [0.717, 1.165) is 45.8 Å². The SMILES string of the molecule is CC(C)NS(=O)(=O)c1ccc(NCCN2CCN(Cc3ccccc3)CC2)nc1. The zero-order valence-electron chi connectivity index (χ0n) is 17.2. The molecule has 0 radical (unpaired) electrons. The van der Waals surface area contributed by atoms with Gasteiger partial charge >= 0.3 is 0 Å². The first-order valence-corrected chi connectivity index (χ1v) is 11.6. The Morgan fingerprint density at radius 3 is 2.31 bits per heavy atom. The van der Waals surface area contributed by atoms with E-state index in [1.807, 2.05) is 0 Å². The fraction of sp³-hybridized carbons (Fsp3) is 0.476. The van der Waals surface area contributed by atoms with Crippen molar-refractivity contribution in [3.05, 3.63) is 54.2 Å². The van der Waals surface area contributed by atoms with E-state index in [-0.39, 0.29) is 10.9 Å². The molecule has 1 saturated heterocycles. The fourth-order valence-electron chi connectivity index (χ4n) is 3.38. The minimum absolute atomic E-state index is 0.147. The van der Waals surface area contributed by atoms with E-state index < -0.39 is 10.0 Å². The maximum absolute atomic E-state index is 12.1. The van der Waals surface area contributed by atoms with E-state index in [1.54, 1.807) is 26.0 Å². The Kier molecular flexibility index (Phi) is 7.60.